The smallest absolute Gasteiger partial charge is 0.289 e. The van der Waals surface area contributed by atoms with Gasteiger partial charge in [0.1, 0.15) is 5.01 Å². The lowest BCUT2D eigenvalue weighted by Crippen LogP contribution is -2.48. The molecule has 5 rings (SSSR count). The van der Waals surface area contributed by atoms with Gasteiger partial charge in [-0.3, -0.25) is 9.69 Å². The molecule has 1 amide bonds. The van der Waals surface area contributed by atoms with Gasteiger partial charge in [0.2, 0.25) is 6.79 Å². The van der Waals surface area contributed by atoms with Gasteiger partial charge in [-0.15, -0.1) is 11.3 Å². The van der Waals surface area contributed by atoms with E-state index in [1.807, 2.05) is 23.1 Å². The molecule has 0 atom stereocenters. The van der Waals surface area contributed by atoms with Crippen molar-refractivity contribution in [1.82, 2.24) is 14.8 Å². The summed E-state index contributed by atoms with van der Waals surface area (Å²) in [6.45, 7) is 4.09. The van der Waals surface area contributed by atoms with Crippen LogP contribution in [0.3, 0.4) is 0 Å². The quantitative estimate of drug-likeness (QED) is 0.674. The first-order valence-corrected chi connectivity index (χ1v) is 10.0. The molecule has 1 aromatic carbocycles. The fraction of sp³-hybridized carbons (Fsp3) is 0.300. The maximum absolute atomic E-state index is 12.4. The molecule has 0 unspecified atom stereocenters. The van der Waals surface area contributed by atoms with E-state index in [0.717, 1.165) is 47.4 Å². The molecule has 2 aromatic heterocycles. The lowest BCUT2D eigenvalue weighted by atomic mass is 10.2. The van der Waals surface area contributed by atoms with Crippen molar-refractivity contribution < 1.29 is 18.7 Å². The summed E-state index contributed by atoms with van der Waals surface area (Å²) in [5.41, 5.74) is 2.08. The number of aromatic nitrogens is 1. The number of carbonyl (C=O) groups is 1. The Kier molecular flexibility index (Phi) is 4.50. The lowest BCUT2D eigenvalue weighted by Gasteiger charge is -2.33. The Morgan fingerprint density at radius 1 is 1.11 bits per heavy atom. The number of nitrogens with zero attached hydrogens (tertiary/aromatic N) is 3. The number of thiazole rings is 1. The molecule has 7 nitrogen and oxygen atoms in total. The largest absolute Gasteiger partial charge is 0.459 e. The van der Waals surface area contributed by atoms with E-state index < -0.39 is 0 Å². The van der Waals surface area contributed by atoms with Crippen LogP contribution in [0.2, 0.25) is 0 Å². The summed E-state index contributed by atoms with van der Waals surface area (Å²) in [6.07, 6.45) is 1.53. The van der Waals surface area contributed by atoms with E-state index in [1.54, 1.807) is 23.5 Å². The molecular weight excluding hydrogens is 378 g/mol. The van der Waals surface area contributed by atoms with E-state index in [2.05, 4.69) is 10.3 Å². The molecule has 144 valence electrons. The predicted octanol–water partition coefficient (Wildman–Crippen LogP) is 3.09. The Labute approximate surface area is 166 Å². The summed E-state index contributed by atoms with van der Waals surface area (Å²) < 4.78 is 16.0. The van der Waals surface area contributed by atoms with Crippen LogP contribution in [0.1, 0.15) is 16.2 Å². The van der Waals surface area contributed by atoms with Crippen molar-refractivity contribution in [3.63, 3.8) is 0 Å². The molecule has 4 heterocycles. The lowest BCUT2D eigenvalue weighted by molar-refractivity contribution is 0.0596. The number of piperazine rings is 1. The first kappa shape index (κ1) is 17.3. The van der Waals surface area contributed by atoms with Crippen LogP contribution in [-0.2, 0) is 6.54 Å². The zero-order valence-electron chi connectivity index (χ0n) is 15.2. The number of ether oxygens (including phenoxy) is 2. The fourth-order valence-electron chi connectivity index (χ4n) is 3.44. The number of fused-ring (bicyclic) bond motifs is 1. The average Bonchev–Trinajstić information content (AvgIpc) is 3.48. The number of furan rings is 1. The summed E-state index contributed by atoms with van der Waals surface area (Å²) in [7, 11) is 0. The summed E-state index contributed by atoms with van der Waals surface area (Å²) in [6, 6.07) is 9.36. The maximum Gasteiger partial charge on any atom is 0.289 e. The van der Waals surface area contributed by atoms with E-state index in [9.17, 15) is 4.79 Å². The second-order valence-electron chi connectivity index (χ2n) is 6.76. The Bertz CT molecular complexity index is 977. The minimum atomic E-state index is -0.0385. The molecule has 0 N–H and O–H groups in total. The molecule has 0 aliphatic carbocycles. The normalized spacial score (nSPS) is 16.5. The highest BCUT2D eigenvalue weighted by molar-refractivity contribution is 7.13. The molecule has 8 heteroatoms. The monoisotopic (exact) mass is 397 g/mol. The SMILES string of the molecule is O=C(c1ccco1)N1CCN(Cc2csc(-c3ccc4c(c3)OCO4)n2)CC1. The van der Waals surface area contributed by atoms with Gasteiger partial charge in [-0.2, -0.15) is 0 Å². The number of hydrogen-bond donors (Lipinski definition) is 0. The Hall–Kier alpha value is -2.84. The van der Waals surface area contributed by atoms with Crippen LogP contribution in [0.4, 0.5) is 0 Å². The van der Waals surface area contributed by atoms with Gasteiger partial charge in [0.15, 0.2) is 17.3 Å². The fourth-order valence-corrected chi connectivity index (χ4v) is 4.24. The van der Waals surface area contributed by atoms with Crippen molar-refractivity contribution in [1.29, 1.82) is 0 Å². The van der Waals surface area contributed by atoms with Crippen LogP contribution < -0.4 is 9.47 Å². The first-order chi connectivity index (χ1) is 13.8. The van der Waals surface area contributed by atoms with Gasteiger partial charge in [0, 0.05) is 43.7 Å². The molecule has 0 radical (unpaired) electrons. The number of hydrogen-bond acceptors (Lipinski definition) is 7. The highest BCUT2D eigenvalue weighted by atomic mass is 32.1. The van der Waals surface area contributed by atoms with Gasteiger partial charge >= 0.3 is 0 Å². The highest BCUT2D eigenvalue weighted by Crippen LogP contribution is 2.36. The molecular formula is C20H19N3O4S. The van der Waals surface area contributed by atoms with Crippen LogP contribution in [-0.4, -0.2) is 53.7 Å². The number of carbonyl (C=O) groups excluding carboxylic acids is 1. The van der Waals surface area contributed by atoms with Gasteiger partial charge in [0.25, 0.3) is 5.91 Å². The van der Waals surface area contributed by atoms with Crippen molar-refractivity contribution in [2.75, 3.05) is 33.0 Å². The van der Waals surface area contributed by atoms with E-state index in [0.29, 0.717) is 18.8 Å². The van der Waals surface area contributed by atoms with Gasteiger partial charge in [0.05, 0.1) is 12.0 Å². The molecule has 1 saturated heterocycles. The van der Waals surface area contributed by atoms with Gasteiger partial charge in [-0.25, -0.2) is 4.98 Å². The highest BCUT2D eigenvalue weighted by Gasteiger charge is 2.24. The van der Waals surface area contributed by atoms with E-state index in [-0.39, 0.29) is 12.7 Å². The molecule has 2 aliphatic rings. The zero-order valence-corrected chi connectivity index (χ0v) is 16.0. The Morgan fingerprint density at radius 3 is 2.79 bits per heavy atom. The van der Waals surface area contributed by atoms with Gasteiger partial charge in [-0.1, -0.05) is 0 Å². The van der Waals surface area contributed by atoms with Crippen molar-refractivity contribution in [3.8, 4) is 22.1 Å². The number of amides is 1. The van der Waals surface area contributed by atoms with Crippen molar-refractivity contribution in [3.05, 3.63) is 53.4 Å². The molecule has 0 saturated carbocycles. The molecule has 0 spiro atoms. The van der Waals surface area contributed by atoms with Crippen molar-refractivity contribution >= 4 is 17.2 Å². The second kappa shape index (κ2) is 7.29. The Balaban J connectivity index is 1.20. The minimum absolute atomic E-state index is 0.0385. The average molecular weight is 397 g/mol. The van der Waals surface area contributed by atoms with Gasteiger partial charge in [-0.05, 0) is 30.3 Å². The first-order valence-electron chi connectivity index (χ1n) is 9.16. The third-order valence-corrected chi connectivity index (χ3v) is 5.89. The van der Waals surface area contributed by atoms with Crippen molar-refractivity contribution in [2.24, 2.45) is 0 Å². The summed E-state index contributed by atoms with van der Waals surface area (Å²) in [5.74, 6) is 1.92. The van der Waals surface area contributed by atoms with Crippen molar-refractivity contribution in [2.45, 2.75) is 6.54 Å². The summed E-state index contributed by atoms with van der Waals surface area (Å²) >= 11 is 1.63. The third kappa shape index (κ3) is 3.36. The summed E-state index contributed by atoms with van der Waals surface area (Å²) in [4.78, 5) is 21.3. The van der Waals surface area contributed by atoms with Crippen LogP contribution in [0.5, 0.6) is 11.5 Å². The minimum Gasteiger partial charge on any atom is -0.459 e. The van der Waals surface area contributed by atoms with Gasteiger partial charge < -0.3 is 18.8 Å². The Morgan fingerprint density at radius 2 is 1.96 bits per heavy atom. The van der Waals surface area contributed by atoms with Crippen LogP contribution in [0.15, 0.2) is 46.4 Å². The molecule has 0 bridgehead atoms. The van der Waals surface area contributed by atoms with Crippen LogP contribution in [0.25, 0.3) is 10.6 Å². The third-order valence-electron chi connectivity index (χ3n) is 4.95. The van der Waals surface area contributed by atoms with E-state index in [1.165, 1.54) is 6.26 Å². The molecule has 2 aliphatic heterocycles. The molecule has 28 heavy (non-hydrogen) atoms. The molecule has 3 aromatic rings. The standard InChI is InChI=1S/C20H19N3O4S/c24-20(17-2-1-9-25-17)23-7-5-22(6-8-23)11-15-12-28-19(21-15)14-3-4-16-18(10-14)27-13-26-16/h1-4,9-10,12H,5-8,11,13H2. The van der Waals surface area contributed by atoms with E-state index in [4.69, 9.17) is 18.9 Å². The predicted molar refractivity (Wildman–Crippen MR) is 104 cm³/mol. The summed E-state index contributed by atoms with van der Waals surface area (Å²) in [5, 5.41) is 3.07. The second-order valence-corrected chi connectivity index (χ2v) is 7.62. The van der Waals surface area contributed by atoms with E-state index >= 15 is 0 Å². The topological polar surface area (TPSA) is 68.0 Å². The zero-order chi connectivity index (χ0) is 18.9. The maximum atomic E-state index is 12.4. The number of rotatable bonds is 4. The van der Waals surface area contributed by atoms with Crippen LogP contribution >= 0.6 is 11.3 Å². The number of benzene rings is 1. The van der Waals surface area contributed by atoms with Crippen LogP contribution in [0, 0.1) is 0 Å². The molecule has 1 fully saturated rings.